The van der Waals surface area contributed by atoms with E-state index in [2.05, 4.69) is 10.1 Å². The first-order valence-electron chi connectivity index (χ1n) is 5.88. The van der Waals surface area contributed by atoms with Crippen molar-refractivity contribution >= 4 is 11.5 Å². The van der Waals surface area contributed by atoms with Gasteiger partial charge in [0.1, 0.15) is 5.75 Å². The molecular weight excluding hydrogens is 276 g/mol. The molecule has 3 N–H and O–H groups in total. The normalized spacial score (nSPS) is 11.2. The molecule has 0 bridgehead atoms. The Hall–Kier alpha value is -3.16. The molecule has 0 aliphatic rings. The van der Waals surface area contributed by atoms with Gasteiger partial charge in [0.05, 0.1) is 10.5 Å². The number of oxime groups is 1. The third kappa shape index (κ3) is 3.06. The van der Waals surface area contributed by atoms with Crippen LogP contribution < -0.4 is 10.5 Å². The summed E-state index contributed by atoms with van der Waals surface area (Å²) >= 11 is 0. The van der Waals surface area contributed by atoms with Crippen LogP contribution in [0.1, 0.15) is 11.1 Å². The van der Waals surface area contributed by atoms with E-state index in [1.54, 1.807) is 19.1 Å². The fourth-order valence-corrected chi connectivity index (χ4v) is 1.73. The molecule has 0 saturated carbocycles. The number of pyridine rings is 1. The van der Waals surface area contributed by atoms with Crippen molar-refractivity contribution in [1.82, 2.24) is 4.98 Å². The zero-order valence-electron chi connectivity index (χ0n) is 11.1. The topological polar surface area (TPSA) is 124 Å². The van der Waals surface area contributed by atoms with E-state index >= 15 is 0 Å². The number of nitro groups is 1. The number of aryl methyl sites for hydroxylation is 1. The standard InChI is InChI=1S/C13H12N4O4/c1-8-7-9(4-5-11(8)17(19)20)21-13-10(12(14)16-18)3-2-6-15-13/h2-7,18H,1H3,(H2,14,16). The van der Waals surface area contributed by atoms with Gasteiger partial charge in [0.25, 0.3) is 5.69 Å². The van der Waals surface area contributed by atoms with Crippen LogP contribution in [0.5, 0.6) is 11.6 Å². The van der Waals surface area contributed by atoms with E-state index < -0.39 is 4.92 Å². The minimum atomic E-state index is -0.471. The average molecular weight is 288 g/mol. The van der Waals surface area contributed by atoms with Gasteiger partial charge in [0.15, 0.2) is 5.84 Å². The Morgan fingerprint density at radius 2 is 2.24 bits per heavy atom. The lowest BCUT2D eigenvalue weighted by molar-refractivity contribution is -0.385. The second-order valence-electron chi connectivity index (χ2n) is 4.15. The molecule has 0 amide bonds. The van der Waals surface area contributed by atoms with Gasteiger partial charge in [-0.15, -0.1) is 0 Å². The van der Waals surface area contributed by atoms with Crippen molar-refractivity contribution in [3.05, 3.63) is 57.8 Å². The Balaban J connectivity index is 2.35. The van der Waals surface area contributed by atoms with Gasteiger partial charge in [-0.3, -0.25) is 10.1 Å². The first kappa shape index (κ1) is 14.3. The fraction of sp³-hybridized carbons (Fsp3) is 0.0769. The molecule has 1 aromatic heterocycles. The molecule has 1 heterocycles. The van der Waals surface area contributed by atoms with Gasteiger partial charge in [0, 0.05) is 17.8 Å². The highest BCUT2D eigenvalue weighted by Gasteiger charge is 2.14. The van der Waals surface area contributed by atoms with Crippen LogP contribution in [0.3, 0.4) is 0 Å². The Morgan fingerprint density at radius 3 is 2.86 bits per heavy atom. The number of hydrogen-bond acceptors (Lipinski definition) is 6. The van der Waals surface area contributed by atoms with Crippen LogP contribution in [0.25, 0.3) is 0 Å². The zero-order valence-corrected chi connectivity index (χ0v) is 11.1. The third-order valence-electron chi connectivity index (χ3n) is 2.73. The predicted octanol–water partition coefficient (Wildman–Crippen LogP) is 2.19. The molecule has 8 heteroatoms. The lowest BCUT2D eigenvalue weighted by atomic mass is 10.2. The number of nitrogens with two attached hydrogens (primary N) is 1. The first-order valence-corrected chi connectivity index (χ1v) is 5.88. The van der Waals surface area contributed by atoms with E-state index in [0.717, 1.165) is 0 Å². The molecule has 2 aromatic rings. The van der Waals surface area contributed by atoms with E-state index in [9.17, 15) is 10.1 Å². The summed E-state index contributed by atoms with van der Waals surface area (Å²) < 4.78 is 5.54. The quantitative estimate of drug-likeness (QED) is 0.292. The van der Waals surface area contributed by atoms with Crippen molar-refractivity contribution in [3.63, 3.8) is 0 Å². The highest BCUT2D eigenvalue weighted by molar-refractivity contribution is 5.99. The lowest BCUT2D eigenvalue weighted by Gasteiger charge is -2.09. The van der Waals surface area contributed by atoms with Crippen LogP contribution in [0.4, 0.5) is 5.69 Å². The molecular formula is C13H12N4O4. The molecule has 108 valence electrons. The fourth-order valence-electron chi connectivity index (χ4n) is 1.73. The average Bonchev–Trinajstić information content (AvgIpc) is 2.46. The van der Waals surface area contributed by atoms with Gasteiger partial charge >= 0.3 is 0 Å². The molecule has 0 aliphatic heterocycles. The summed E-state index contributed by atoms with van der Waals surface area (Å²) in [4.78, 5) is 14.3. The Kier molecular flexibility index (Phi) is 3.98. The number of benzene rings is 1. The molecule has 0 spiro atoms. The van der Waals surface area contributed by atoms with Crippen LogP contribution in [0.15, 0.2) is 41.7 Å². The summed E-state index contributed by atoms with van der Waals surface area (Å²) in [5.74, 6) is 0.363. The summed E-state index contributed by atoms with van der Waals surface area (Å²) in [6.45, 7) is 1.61. The van der Waals surface area contributed by atoms with Crippen molar-refractivity contribution in [3.8, 4) is 11.6 Å². The largest absolute Gasteiger partial charge is 0.438 e. The van der Waals surface area contributed by atoms with Crippen LogP contribution >= 0.6 is 0 Å². The minimum Gasteiger partial charge on any atom is -0.438 e. The van der Waals surface area contributed by atoms with Gasteiger partial charge in [0.2, 0.25) is 5.88 Å². The number of rotatable bonds is 4. The third-order valence-corrected chi connectivity index (χ3v) is 2.73. The predicted molar refractivity (Wildman–Crippen MR) is 74.7 cm³/mol. The SMILES string of the molecule is Cc1cc(Oc2ncccc2/C(N)=N/O)ccc1[N+](=O)[O-]. The van der Waals surface area contributed by atoms with Gasteiger partial charge in [-0.1, -0.05) is 5.16 Å². The van der Waals surface area contributed by atoms with Gasteiger partial charge in [-0.25, -0.2) is 4.98 Å². The monoisotopic (exact) mass is 288 g/mol. The molecule has 0 aliphatic carbocycles. The first-order chi connectivity index (χ1) is 10.0. The van der Waals surface area contributed by atoms with Crippen molar-refractivity contribution in [2.24, 2.45) is 10.9 Å². The van der Waals surface area contributed by atoms with E-state index in [4.69, 9.17) is 15.7 Å². The van der Waals surface area contributed by atoms with Crippen LogP contribution in [0, 0.1) is 17.0 Å². The summed E-state index contributed by atoms with van der Waals surface area (Å²) in [7, 11) is 0. The maximum absolute atomic E-state index is 10.8. The van der Waals surface area contributed by atoms with Gasteiger partial charge in [-0.2, -0.15) is 0 Å². The van der Waals surface area contributed by atoms with Crippen LogP contribution in [0.2, 0.25) is 0 Å². The smallest absolute Gasteiger partial charge is 0.272 e. The molecule has 21 heavy (non-hydrogen) atoms. The highest BCUT2D eigenvalue weighted by atomic mass is 16.6. The Bertz CT molecular complexity index is 715. The molecule has 0 saturated heterocycles. The summed E-state index contributed by atoms with van der Waals surface area (Å²) in [6, 6.07) is 7.51. The van der Waals surface area contributed by atoms with Crippen LogP contribution in [-0.2, 0) is 0 Å². The summed E-state index contributed by atoms with van der Waals surface area (Å²) in [5.41, 5.74) is 6.31. The number of nitro benzene ring substituents is 1. The molecule has 0 fully saturated rings. The number of ether oxygens (including phenoxy) is 1. The zero-order chi connectivity index (χ0) is 15.4. The lowest BCUT2D eigenvalue weighted by Crippen LogP contribution is -2.14. The number of nitrogens with zero attached hydrogens (tertiary/aromatic N) is 3. The Morgan fingerprint density at radius 1 is 1.48 bits per heavy atom. The summed E-state index contributed by atoms with van der Waals surface area (Å²) in [6.07, 6.45) is 1.49. The second-order valence-corrected chi connectivity index (χ2v) is 4.15. The van der Waals surface area contributed by atoms with E-state index in [1.807, 2.05) is 0 Å². The molecule has 8 nitrogen and oxygen atoms in total. The number of aromatic nitrogens is 1. The maximum atomic E-state index is 10.8. The van der Waals surface area contributed by atoms with E-state index in [0.29, 0.717) is 16.9 Å². The maximum Gasteiger partial charge on any atom is 0.272 e. The van der Waals surface area contributed by atoms with Crippen molar-refractivity contribution < 1.29 is 14.9 Å². The highest BCUT2D eigenvalue weighted by Crippen LogP contribution is 2.27. The van der Waals surface area contributed by atoms with E-state index in [-0.39, 0.29) is 17.4 Å². The number of hydrogen-bond donors (Lipinski definition) is 2. The van der Waals surface area contributed by atoms with Crippen LogP contribution in [-0.4, -0.2) is 21.0 Å². The molecule has 1 aromatic carbocycles. The van der Waals surface area contributed by atoms with Gasteiger partial charge < -0.3 is 15.7 Å². The van der Waals surface area contributed by atoms with Crippen molar-refractivity contribution in [2.45, 2.75) is 6.92 Å². The summed E-state index contributed by atoms with van der Waals surface area (Å²) in [5, 5.41) is 22.4. The number of amidine groups is 1. The molecule has 2 rings (SSSR count). The van der Waals surface area contributed by atoms with Crippen molar-refractivity contribution in [2.75, 3.05) is 0 Å². The van der Waals surface area contributed by atoms with Crippen molar-refractivity contribution in [1.29, 1.82) is 0 Å². The molecule has 0 atom stereocenters. The van der Waals surface area contributed by atoms with Gasteiger partial charge in [-0.05, 0) is 31.2 Å². The van der Waals surface area contributed by atoms with E-state index in [1.165, 1.54) is 24.4 Å². The molecule has 0 unspecified atom stereocenters. The minimum absolute atomic E-state index is 0.0000268. The second kappa shape index (κ2) is 5.87. The molecule has 0 radical (unpaired) electrons. The Labute approximate surface area is 119 Å².